The Balaban J connectivity index is 2.52. The van der Waals surface area contributed by atoms with Crippen molar-refractivity contribution in [2.75, 3.05) is 7.11 Å². The number of rotatable bonds is 10. The second-order valence-electron chi connectivity index (χ2n) is 6.86. The van der Waals surface area contributed by atoms with Crippen LogP contribution in [0.25, 0.3) is 11.1 Å². The van der Waals surface area contributed by atoms with Gasteiger partial charge in [0.25, 0.3) is 0 Å². The first-order valence-electron chi connectivity index (χ1n) is 10.2. The number of hydrogen-bond donors (Lipinski definition) is 0. The number of allylic oxidation sites excluding steroid dienone is 1. The van der Waals surface area contributed by atoms with Gasteiger partial charge in [-0.05, 0) is 30.9 Å². The van der Waals surface area contributed by atoms with Gasteiger partial charge in [0.1, 0.15) is 17.9 Å². The maximum atomic E-state index is 13.3. The van der Waals surface area contributed by atoms with E-state index in [4.69, 9.17) is 9.47 Å². The van der Waals surface area contributed by atoms with Crippen molar-refractivity contribution in [2.24, 2.45) is 0 Å². The molecular weight excluding hydrogens is 362 g/mol. The van der Waals surface area contributed by atoms with E-state index in [-0.39, 0.29) is 17.3 Å². The normalized spacial score (nSPS) is 12.5. The Bertz CT molecular complexity index is 865. The average Bonchev–Trinajstić information content (AvgIpc) is 2.77. The molecule has 0 aliphatic carbocycles. The third kappa shape index (κ3) is 5.96. The summed E-state index contributed by atoms with van der Waals surface area (Å²) in [5.74, 6) is 0.0421. The number of carbonyl (C=O) groups is 1. The van der Waals surface area contributed by atoms with Crippen LogP contribution < -0.4 is 4.74 Å². The summed E-state index contributed by atoms with van der Waals surface area (Å²) in [6.45, 7) is 4.16. The van der Waals surface area contributed by atoms with Crippen LogP contribution in [-0.4, -0.2) is 19.2 Å². The number of methoxy groups -OCH3 is 1. The molecule has 0 aromatic heterocycles. The van der Waals surface area contributed by atoms with Crippen LogP contribution in [0.2, 0.25) is 0 Å². The molecule has 4 heteroatoms. The van der Waals surface area contributed by atoms with Crippen LogP contribution in [0.1, 0.15) is 57.1 Å². The zero-order valence-corrected chi connectivity index (χ0v) is 17.5. The molecule has 0 bridgehead atoms. The van der Waals surface area contributed by atoms with E-state index < -0.39 is 5.97 Å². The number of esters is 1. The molecule has 0 aliphatic heterocycles. The lowest BCUT2D eigenvalue weighted by atomic mass is 9.94. The Morgan fingerprint density at radius 3 is 2.34 bits per heavy atom. The molecule has 0 saturated heterocycles. The summed E-state index contributed by atoms with van der Waals surface area (Å²) in [5.41, 5.74) is 1.75. The van der Waals surface area contributed by atoms with E-state index in [1.54, 1.807) is 19.2 Å². The quantitative estimate of drug-likeness (QED) is 0.163. The summed E-state index contributed by atoms with van der Waals surface area (Å²) in [4.78, 5) is 13.3. The van der Waals surface area contributed by atoms with E-state index in [0.29, 0.717) is 16.9 Å². The van der Waals surface area contributed by atoms with Crippen LogP contribution in [0.15, 0.2) is 54.6 Å². The van der Waals surface area contributed by atoms with Gasteiger partial charge in [-0.15, -0.1) is 0 Å². The first-order chi connectivity index (χ1) is 14.2. The second kappa shape index (κ2) is 11.7. The summed E-state index contributed by atoms with van der Waals surface area (Å²) >= 11 is 0. The zero-order valence-electron chi connectivity index (χ0n) is 17.5. The molecule has 0 spiro atoms. The molecular formula is C25H29NO3. The lowest BCUT2D eigenvalue weighted by Crippen LogP contribution is -2.19. The Morgan fingerprint density at radius 1 is 1.03 bits per heavy atom. The average molecular weight is 392 g/mol. The van der Waals surface area contributed by atoms with Gasteiger partial charge in [-0.3, -0.25) is 0 Å². The molecule has 2 aromatic carbocycles. The molecule has 1 atom stereocenters. The number of unbranched alkanes of at least 4 members (excludes halogenated alkanes) is 2. The molecule has 0 N–H and O–H groups in total. The highest BCUT2D eigenvalue weighted by molar-refractivity contribution is 6.27. The maximum absolute atomic E-state index is 13.3. The third-order valence-corrected chi connectivity index (χ3v) is 4.86. The number of para-hydroxylation sites is 1. The zero-order chi connectivity index (χ0) is 21.1. The molecule has 29 heavy (non-hydrogen) atoms. The molecule has 2 rings (SSSR count). The number of nitrogens with zero attached hydrogens (tertiary/aromatic N) is 1. The van der Waals surface area contributed by atoms with E-state index in [9.17, 15) is 10.1 Å². The van der Waals surface area contributed by atoms with E-state index in [1.165, 1.54) is 0 Å². The van der Waals surface area contributed by atoms with Crippen molar-refractivity contribution in [1.82, 2.24) is 0 Å². The minimum atomic E-state index is -0.488. The number of carbonyl (C=O) groups excluding carboxylic acids is 1. The van der Waals surface area contributed by atoms with E-state index in [0.717, 1.165) is 32.1 Å². The predicted octanol–water partition coefficient (Wildman–Crippen LogP) is 6.03. The maximum Gasteiger partial charge on any atom is 0.340 e. The Morgan fingerprint density at radius 2 is 1.72 bits per heavy atom. The SMILES string of the molecule is CCCCCC(CC)OC(=O)C(=C(C#N)c1ccccc1)c1ccccc1OC. The number of nitriles is 1. The minimum absolute atomic E-state index is 0.172. The first-order valence-corrected chi connectivity index (χ1v) is 10.2. The molecule has 0 fully saturated rings. The van der Waals surface area contributed by atoms with Crippen molar-refractivity contribution in [3.05, 3.63) is 65.7 Å². The summed E-state index contributed by atoms with van der Waals surface area (Å²) in [6.07, 6.45) is 4.62. The monoisotopic (exact) mass is 391 g/mol. The van der Waals surface area contributed by atoms with Crippen molar-refractivity contribution < 1.29 is 14.3 Å². The number of hydrogen-bond acceptors (Lipinski definition) is 4. The van der Waals surface area contributed by atoms with Crippen molar-refractivity contribution in [2.45, 2.75) is 52.1 Å². The fraction of sp³-hybridized carbons (Fsp3) is 0.360. The van der Waals surface area contributed by atoms with Gasteiger partial charge in [-0.25, -0.2) is 4.79 Å². The molecule has 0 amide bonds. The van der Waals surface area contributed by atoms with Crippen molar-refractivity contribution >= 4 is 17.1 Å². The smallest absolute Gasteiger partial charge is 0.340 e. The van der Waals surface area contributed by atoms with E-state index in [1.807, 2.05) is 49.4 Å². The molecule has 0 saturated carbocycles. The van der Waals surface area contributed by atoms with Crippen LogP contribution in [0, 0.1) is 11.3 Å². The lowest BCUT2D eigenvalue weighted by Gasteiger charge is -2.19. The highest BCUT2D eigenvalue weighted by atomic mass is 16.5. The molecule has 0 heterocycles. The van der Waals surface area contributed by atoms with Gasteiger partial charge >= 0.3 is 5.97 Å². The summed E-state index contributed by atoms with van der Waals surface area (Å²) in [7, 11) is 1.55. The van der Waals surface area contributed by atoms with Crippen LogP contribution >= 0.6 is 0 Å². The fourth-order valence-electron chi connectivity index (χ4n) is 3.25. The van der Waals surface area contributed by atoms with E-state index >= 15 is 0 Å². The van der Waals surface area contributed by atoms with Gasteiger partial charge in [0, 0.05) is 5.56 Å². The van der Waals surface area contributed by atoms with E-state index in [2.05, 4.69) is 13.0 Å². The summed E-state index contributed by atoms with van der Waals surface area (Å²) in [6, 6.07) is 18.6. The van der Waals surface area contributed by atoms with Gasteiger partial charge in [-0.2, -0.15) is 5.26 Å². The highest BCUT2D eigenvalue weighted by Gasteiger charge is 2.25. The van der Waals surface area contributed by atoms with Gasteiger partial charge < -0.3 is 9.47 Å². The molecule has 1 unspecified atom stereocenters. The van der Waals surface area contributed by atoms with Crippen molar-refractivity contribution in [1.29, 1.82) is 5.26 Å². The van der Waals surface area contributed by atoms with Crippen molar-refractivity contribution in [3.8, 4) is 11.8 Å². The van der Waals surface area contributed by atoms with Crippen LogP contribution in [0.4, 0.5) is 0 Å². The van der Waals surface area contributed by atoms with Gasteiger partial charge in [0.2, 0.25) is 0 Å². The Labute approximate surface area is 173 Å². The van der Waals surface area contributed by atoms with Gasteiger partial charge in [0.15, 0.2) is 0 Å². The van der Waals surface area contributed by atoms with Crippen LogP contribution in [0.5, 0.6) is 5.75 Å². The molecule has 0 aliphatic rings. The molecule has 152 valence electrons. The minimum Gasteiger partial charge on any atom is -0.496 e. The molecule has 0 radical (unpaired) electrons. The van der Waals surface area contributed by atoms with Crippen molar-refractivity contribution in [3.63, 3.8) is 0 Å². The van der Waals surface area contributed by atoms with Crippen LogP contribution in [-0.2, 0) is 9.53 Å². The number of benzene rings is 2. The predicted molar refractivity (Wildman–Crippen MR) is 116 cm³/mol. The second-order valence-corrected chi connectivity index (χ2v) is 6.86. The van der Waals surface area contributed by atoms with Gasteiger partial charge in [0.05, 0.1) is 18.3 Å². The third-order valence-electron chi connectivity index (χ3n) is 4.86. The fourth-order valence-corrected chi connectivity index (χ4v) is 3.25. The standard InChI is InChI=1S/C25H29NO3/c1-4-6-8-15-20(5-2)29-25(27)24(21-16-11-12-17-23(21)28-3)22(18-26)19-13-9-7-10-14-19/h7,9-14,16-17,20H,4-6,8,15H2,1-3H3. The Kier molecular flexibility index (Phi) is 8.98. The molecule has 4 nitrogen and oxygen atoms in total. The first kappa shape index (κ1) is 22.2. The highest BCUT2D eigenvalue weighted by Crippen LogP contribution is 2.33. The summed E-state index contributed by atoms with van der Waals surface area (Å²) < 4.78 is 11.3. The number of ether oxygens (including phenoxy) is 2. The van der Waals surface area contributed by atoms with Gasteiger partial charge in [-0.1, -0.05) is 75.2 Å². The van der Waals surface area contributed by atoms with Crippen LogP contribution in [0.3, 0.4) is 0 Å². The lowest BCUT2D eigenvalue weighted by molar-refractivity contribution is -0.142. The largest absolute Gasteiger partial charge is 0.496 e. The topological polar surface area (TPSA) is 59.3 Å². The Hall–Kier alpha value is -3.06. The molecule has 2 aromatic rings. The summed E-state index contributed by atoms with van der Waals surface area (Å²) in [5, 5.41) is 9.93.